The molecule has 0 saturated heterocycles. The summed E-state index contributed by atoms with van der Waals surface area (Å²) >= 11 is 0. The van der Waals surface area contributed by atoms with E-state index in [-0.39, 0.29) is 6.04 Å². The van der Waals surface area contributed by atoms with Gasteiger partial charge in [0.2, 0.25) is 0 Å². The van der Waals surface area contributed by atoms with Crippen molar-refractivity contribution in [1.82, 2.24) is 5.32 Å². The molecule has 0 aliphatic carbocycles. The third-order valence-electron chi connectivity index (χ3n) is 2.18. The standard InChI is InChI=1S/C10H19N/c1-6-10(11-7-2)9(5)8(3)4/h1,8-11H,7H2,2-5H3. The van der Waals surface area contributed by atoms with E-state index in [2.05, 4.69) is 38.9 Å². The molecule has 0 heterocycles. The maximum Gasteiger partial charge on any atom is 0.0715 e. The summed E-state index contributed by atoms with van der Waals surface area (Å²) in [5.74, 6) is 3.98. The molecule has 0 aliphatic heterocycles. The van der Waals surface area contributed by atoms with E-state index in [1.54, 1.807) is 0 Å². The highest BCUT2D eigenvalue weighted by Gasteiger charge is 2.16. The normalized spacial score (nSPS) is 16.0. The Bertz CT molecular complexity index is 132. The molecule has 0 bridgehead atoms. The molecule has 0 aliphatic rings. The van der Waals surface area contributed by atoms with Gasteiger partial charge in [-0.15, -0.1) is 6.42 Å². The molecule has 2 unspecified atom stereocenters. The largest absolute Gasteiger partial charge is 0.304 e. The van der Waals surface area contributed by atoms with Crippen molar-refractivity contribution in [3.05, 3.63) is 0 Å². The van der Waals surface area contributed by atoms with Gasteiger partial charge in [0, 0.05) is 0 Å². The maximum absolute atomic E-state index is 5.39. The molecule has 1 nitrogen and oxygen atoms in total. The Morgan fingerprint density at radius 1 is 1.36 bits per heavy atom. The molecular weight excluding hydrogens is 134 g/mol. The van der Waals surface area contributed by atoms with Crippen LogP contribution in [0.3, 0.4) is 0 Å². The van der Waals surface area contributed by atoms with Crippen molar-refractivity contribution < 1.29 is 0 Å². The molecule has 0 rings (SSSR count). The van der Waals surface area contributed by atoms with E-state index in [1.807, 2.05) is 0 Å². The monoisotopic (exact) mass is 153 g/mol. The number of rotatable bonds is 4. The first kappa shape index (κ1) is 10.5. The first-order chi connectivity index (χ1) is 5.13. The number of hydrogen-bond acceptors (Lipinski definition) is 1. The zero-order valence-electron chi connectivity index (χ0n) is 8.02. The van der Waals surface area contributed by atoms with Gasteiger partial charge in [-0.1, -0.05) is 33.6 Å². The second-order valence-corrected chi connectivity index (χ2v) is 3.31. The van der Waals surface area contributed by atoms with Crippen molar-refractivity contribution in [2.45, 2.75) is 33.7 Å². The molecule has 0 fully saturated rings. The summed E-state index contributed by atoms with van der Waals surface area (Å²) in [6.07, 6.45) is 5.39. The highest BCUT2D eigenvalue weighted by atomic mass is 14.9. The minimum Gasteiger partial charge on any atom is -0.304 e. The summed E-state index contributed by atoms with van der Waals surface area (Å²) in [5.41, 5.74) is 0. The molecule has 0 amide bonds. The van der Waals surface area contributed by atoms with Gasteiger partial charge < -0.3 is 5.32 Å². The second-order valence-electron chi connectivity index (χ2n) is 3.31. The van der Waals surface area contributed by atoms with Crippen LogP contribution in [0, 0.1) is 24.2 Å². The fraction of sp³-hybridized carbons (Fsp3) is 0.800. The van der Waals surface area contributed by atoms with Crippen LogP contribution in [0.1, 0.15) is 27.7 Å². The Balaban J connectivity index is 3.94. The van der Waals surface area contributed by atoms with Gasteiger partial charge in [-0.2, -0.15) is 0 Å². The number of terminal acetylenes is 1. The summed E-state index contributed by atoms with van der Waals surface area (Å²) in [4.78, 5) is 0. The lowest BCUT2D eigenvalue weighted by atomic mass is 9.91. The van der Waals surface area contributed by atoms with Crippen molar-refractivity contribution in [2.24, 2.45) is 11.8 Å². The Hall–Kier alpha value is -0.480. The van der Waals surface area contributed by atoms with Gasteiger partial charge in [0.05, 0.1) is 6.04 Å². The second kappa shape index (κ2) is 5.21. The predicted molar refractivity (Wildman–Crippen MR) is 50.3 cm³/mol. The third-order valence-corrected chi connectivity index (χ3v) is 2.18. The quantitative estimate of drug-likeness (QED) is 0.608. The van der Waals surface area contributed by atoms with Crippen LogP contribution in [0.25, 0.3) is 0 Å². The zero-order valence-corrected chi connectivity index (χ0v) is 8.02. The van der Waals surface area contributed by atoms with Crippen LogP contribution < -0.4 is 5.32 Å². The maximum atomic E-state index is 5.39. The minimum absolute atomic E-state index is 0.236. The summed E-state index contributed by atoms with van der Waals surface area (Å²) < 4.78 is 0. The van der Waals surface area contributed by atoms with E-state index < -0.39 is 0 Å². The summed E-state index contributed by atoms with van der Waals surface area (Å²) in [6.45, 7) is 9.62. The molecule has 0 spiro atoms. The molecule has 1 heteroatoms. The molecule has 1 N–H and O–H groups in total. The Labute approximate surface area is 70.6 Å². The van der Waals surface area contributed by atoms with E-state index in [9.17, 15) is 0 Å². The lowest BCUT2D eigenvalue weighted by Gasteiger charge is -2.22. The molecule has 0 aromatic heterocycles. The van der Waals surface area contributed by atoms with E-state index in [0.29, 0.717) is 11.8 Å². The number of hydrogen-bond donors (Lipinski definition) is 1. The van der Waals surface area contributed by atoms with Crippen LogP contribution in [0.15, 0.2) is 0 Å². The Kier molecular flexibility index (Phi) is 4.98. The van der Waals surface area contributed by atoms with E-state index in [4.69, 9.17) is 6.42 Å². The summed E-state index contributed by atoms with van der Waals surface area (Å²) in [5, 5.41) is 3.28. The molecule has 0 saturated carbocycles. The van der Waals surface area contributed by atoms with E-state index in [0.717, 1.165) is 6.54 Å². The van der Waals surface area contributed by atoms with Gasteiger partial charge >= 0.3 is 0 Å². The molecule has 64 valence electrons. The van der Waals surface area contributed by atoms with Crippen LogP contribution in [-0.4, -0.2) is 12.6 Å². The molecular formula is C10H19N. The highest BCUT2D eigenvalue weighted by molar-refractivity contribution is 5.01. The minimum atomic E-state index is 0.236. The van der Waals surface area contributed by atoms with Gasteiger partial charge in [-0.3, -0.25) is 0 Å². The average Bonchev–Trinajstić information content (AvgIpc) is 1.98. The smallest absolute Gasteiger partial charge is 0.0715 e. The van der Waals surface area contributed by atoms with E-state index in [1.165, 1.54) is 0 Å². The lowest BCUT2D eigenvalue weighted by molar-refractivity contribution is 0.350. The average molecular weight is 153 g/mol. The van der Waals surface area contributed by atoms with E-state index >= 15 is 0 Å². The van der Waals surface area contributed by atoms with Crippen molar-refractivity contribution in [1.29, 1.82) is 0 Å². The van der Waals surface area contributed by atoms with Crippen molar-refractivity contribution in [3.8, 4) is 12.3 Å². The molecule has 2 atom stereocenters. The predicted octanol–water partition coefficient (Wildman–Crippen LogP) is 1.89. The SMILES string of the molecule is C#CC(NCC)C(C)C(C)C. The van der Waals surface area contributed by atoms with Gasteiger partial charge in [0.1, 0.15) is 0 Å². The highest BCUT2D eigenvalue weighted by Crippen LogP contribution is 2.13. The number of nitrogens with one attached hydrogen (secondary N) is 1. The first-order valence-corrected chi connectivity index (χ1v) is 4.33. The van der Waals surface area contributed by atoms with Crippen molar-refractivity contribution >= 4 is 0 Å². The fourth-order valence-corrected chi connectivity index (χ4v) is 1.00. The molecule has 0 radical (unpaired) electrons. The Morgan fingerprint density at radius 3 is 2.18 bits per heavy atom. The van der Waals surface area contributed by atoms with Crippen LogP contribution in [-0.2, 0) is 0 Å². The zero-order chi connectivity index (χ0) is 8.85. The van der Waals surface area contributed by atoms with Crippen molar-refractivity contribution in [2.75, 3.05) is 6.54 Å². The van der Waals surface area contributed by atoms with Crippen LogP contribution in [0.4, 0.5) is 0 Å². The van der Waals surface area contributed by atoms with Crippen LogP contribution in [0.5, 0.6) is 0 Å². The summed E-state index contributed by atoms with van der Waals surface area (Å²) in [7, 11) is 0. The first-order valence-electron chi connectivity index (χ1n) is 4.33. The topological polar surface area (TPSA) is 12.0 Å². The molecule has 0 aromatic rings. The third kappa shape index (κ3) is 3.43. The Morgan fingerprint density at radius 2 is 1.91 bits per heavy atom. The van der Waals surface area contributed by atoms with Gasteiger partial charge in [-0.05, 0) is 18.4 Å². The molecule has 11 heavy (non-hydrogen) atoms. The fourth-order valence-electron chi connectivity index (χ4n) is 1.00. The lowest BCUT2D eigenvalue weighted by Crippen LogP contribution is -2.35. The van der Waals surface area contributed by atoms with Gasteiger partial charge in [-0.25, -0.2) is 0 Å². The summed E-state index contributed by atoms with van der Waals surface area (Å²) in [6, 6.07) is 0.236. The van der Waals surface area contributed by atoms with Gasteiger partial charge in [0.25, 0.3) is 0 Å². The van der Waals surface area contributed by atoms with Crippen LogP contribution >= 0.6 is 0 Å². The van der Waals surface area contributed by atoms with Crippen LogP contribution in [0.2, 0.25) is 0 Å². The van der Waals surface area contributed by atoms with Crippen molar-refractivity contribution in [3.63, 3.8) is 0 Å². The molecule has 0 aromatic carbocycles. The van der Waals surface area contributed by atoms with Gasteiger partial charge in [0.15, 0.2) is 0 Å².